The lowest BCUT2D eigenvalue weighted by atomic mass is 9.98. The number of hydrazine groups is 1. The van der Waals surface area contributed by atoms with Crippen LogP contribution < -0.4 is 16.3 Å². The van der Waals surface area contributed by atoms with Gasteiger partial charge in [0.05, 0.1) is 40.8 Å². The number of rotatable bonds is 7. The molecule has 2 heterocycles. The van der Waals surface area contributed by atoms with Gasteiger partial charge in [0.1, 0.15) is 12.3 Å². The van der Waals surface area contributed by atoms with E-state index in [1.54, 1.807) is 11.8 Å². The van der Waals surface area contributed by atoms with Crippen molar-refractivity contribution in [3.63, 3.8) is 0 Å². The van der Waals surface area contributed by atoms with Crippen molar-refractivity contribution in [1.82, 2.24) is 25.0 Å². The number of aryl methyl sites for hydroxylation is 1. The number of allylic oxidation sites excluding steroid dienone is 1. The SMILES string of the molecule is Cc1nc(/C(N)=C(\Cn2ncc(C3CC3)n2)N(C)N)ccc1OC1CCCCC1. The standard InChI is InChI=1S/C21H31N7O/c1-14-20(29-16-6-4-3-5-7-16)11-10-17(25-14)21(22)19(27(2)23)13-28-24-12-18(26-28)15-8-9-15/h10-12,15-16H,3-9,13,22-23H2,1-2H3/b21-19-. The van der Waals surface area contributed by atoms with Gasteiger partial charge in [-0.2, -0.15) is 15.0 Å². The summed E-state index contributed by atoms with van der Waals surface area (Å²) in [5, 5.41) is 10.4. The molecule has 0 radical (unpaired) electrons. The first-order chi connectivity index (χ1) is 14.0. The van der Waals surface area contributed by atoms with Crippen molar-refractivity contribution >= 4 is 5.70 Å². The minimum absolute atomic E-state index is 0.292. The van der Waals surface area contributed by atoms with Crippen LogP contribution in [0.25, 0.3) is 5.70 Å². The summed E-state index contributed by atoms with van der Waals surface area (Å²) in [6.45, 7) is 2.35. The molecule has 0 atom stereocenters. The molecule has 156 valence electrons. The Hall–Kier alpha value is -2.61. The molecule has 0 unspecified atom stereocenters. The number of hydrogen-bond donors (Lipinski definition) is 2. The molecule has 2 aliphatic rings. The molecule has 8 nitrogen and oxygen atoms in total. The van der Waals surface area contributed by atoms with Crippen molar-refractivity contribution in [2.24, 2.45) is 11.6 Å². The fourth-order valence-electron chi connectivity index (χ4n) is 3.81. The van der Waals surface area contributed by atoms with Crippen molar-refractivity contribution in [1.29, 1.82) is 0 Å². The molecular weight excluding hydrogens is 366 g/mol. The van der Waals surface area contributed by atoms with Gasteiger partial charge in [0.25, 0.3) is 0 Å². The van der Waals surface area contributed by atoms with E-state index in [1.807, 2.05) is 25.3 Å². The maximum Gasteiger partial charge on any atom is 0.140 e. The van der Waals surface area contributed by atoms with Crippen LogP contribution in [-0.2, 0) is 6.54 Å². The van der Waals surface area contributed by atoms with Crippen molar-refractivity contribution in [3.05, 3.63) is 41.1 Å². The van der Waals surface area contributed by atoms with Crippen LogP contribution in [-0.4, -0.2) is 38.1 Å². The lowest BCUT2D eigenvalue weighted by molar-refractivity contribution is 0.153. The molecule has 2 aromatic rings. The van der Waals surface area contributed by atoms with Crippen molar-refractivity contribution in [2.75, 3.05) is 7.05 Å². The van der Waals surface area contributed by atoms with E-state index in [1.165, 1.54) is 37.1 Å². The first kappa shape index (κ1) is 19.7. The molecule has 2 saturated carbocycles. The fraction of sp³-hybridized carbons (Fsp3) is 0.571. The number of nitrogens with zero attached hydrogens (tertiary/aromatic N) is 5. The summed E-state index contributed by atoms with van der Waals surface area (Å²) in [6.07, 6.45) is 10.5. The molecule has 0 aliphatic heterocycles. The van der Waals surface area contributed by atoms with E-state index in [9.17, 15) is 0 Å². The highest BCUT2D eigenvalue weighted by Crippen LogP contribution is 2.38. The lowest BCUT2D eigenvalue weighted by Crippen LogP contribution is -2.31. The van der Waals surface area contributed by atoms with Crippen molar-refractivity contribution < 1.29 is 4.74 Å². The smallest absolute Gasteiger partial charge is 0.140 e. The van der Waals surface area contributed by atoms with Crippen LogP contribution in [0.5, 0.6) is 5.75 Å². The zero-order valence-corrected chi connectivity index (χ0v) is 17.3. The van der Waals surface area contributed by atoms with Gasteiger partial charge in [-0.05, 0) is 57.6 Å². The van der Waals surface area contributed by atoms with Gasteiger partial charge < -0.3 is 15.5 Å². The zero-order chi connectivity index (χ0) is 20.4. The van der Waals surface area contributed by atoms with E-state index in [0.29, 0.717) is 30.0 Å². The molecule has 4 N–H and O–H groups in total. The molecule has 0 spiro atoms. The van der Waals surface area contributed by atoms with Crippen molar-refractivity contribution in [2.45, 2.75) is 70.4 Å². The predicted molar refractivity (Wildman–Crippen MR) is 112 cm³/mol. The maximum atomic E-state index is 6.46. The Morgan fingerprint density at radius 1 is 1.21 bits per heavy atom. The largest absolute Gasteiger partial charge is 0.489 e. The number of hydrogen-bond acceptors (Lipinski definition) is 7. The number of aromatic nitrogens is 4. The minimum atomic E-state index is 0.292. The van der Waals surface area contributed by atoms with E-state index >= 15 is 0 Å². The highest BCUT2D eigenvalue weighted by Gasteiger charge is 2.26. The second kappa shape index (κ2) is 8.41. The summed E-state index contributed by atoms with van der Waals surface area (Å²) in [5.41, 5.74) is 10.3. The monoisotopic (exact) mass is 397 g/mol. The highest BCUT2D eigenvalue weighted by molar-refractivity contribution is 5.63. The Kier molecular flexibility index (Phi) is 5.71. The first-order valence-corrected chi connectivity index (χ1v) is 10.5. The summed E-state index contributed by atoms with van der Waals surface area (Å²) in [4.78, 5) is 6.33. The summed E-state index contributed by atoms with van der Waals surface area (Å²) in [7, 11) is 1.76. The molecular formula is C21H31N7O. The van der Waals surface area contributed by atoms with E-state index in [2.05, 4.69) is 15.2 Å². The van der Waals surface area contributed by atoms with Gasteiger partial charge in [-0.15, -0.1) is 0 Å². The summed E-state index contributed by atoms with van der Waals surface area (Å²) in [5.74, 6) is 7.46. The van der Waals surface area contributed by atoms with Gasteiger partial charge in [0.2, 0.25) is 0 Å². The minimum Gasteiger partial charge on any atom is -0.489 e. The third kappa shape index (κ3) is 4.70. The van der Waals surface area contributed by atoms with Gasteiger partial charge in [0, 0.05) is 13.0 Å². The number of likely N-dealkylation sites (N-methyl/N-ethyl adjacent to an activating group) is 1. The lowest BCUT2D eigenvalue weighted by Gasteiger charge is -2.24. The average molecular weight is 398 g/mol. The second-order valence-corrected chi connectivity index (χ2v) is 8.20. The summed E-state index contributed by atoms with van der Waals surface area (Å²) in [6, 6.07) is 3.86. The molecule has 2 fully saturated rings. The summed E-state index contributed by atoms with van der Waals surface area (Å²) < 4.78 is 6.18. The van der Waals surface area contributed by atoms with Crippen LogP contribution in [0.4, 0.5) is 0 Å². The quantitative estimate of drug-likeness (QED) is 0.546. The molecule has 2 aliphatic carbocycles. The Morgan fingerprint density at radius 2 is 1.97 bits per heavy atom. The second-order valence-electron chi connectivity index (χ2n) is 8.20. The molecule has 0 amide bonds. The molecule has 0 aromatic carbocycles. The molecule has 8 heteroatoms. The number of pyridine rings is 1. The van der Waals surface area contributed by atoms with Crippen LogP contribution in [0.1, 0.15) is 67.9 Å². The van der Waals surface area contributed by atoms with Crippen LogP contribution in [0.3, 0.4) is 0 Å². The third-order valence-corrected chi connectivity index (χ3v) is 5.74. The molecule has 29 heavy (non-hydrogen) atoms. The van der Waals surface area contributed by atoms with E-state index in [4.69, 9.17) is 16.3 Å². The van der Waals surface area contributed by atoms with Gasteiger partial charge >= 0.3 is 0 Å². The van der Waals surface area contributed by atoms with Gasteiger partial charge in [-0.3, -0.25) is 0 Å². The Morgan fingerprint density at radius 3 is 2.62 bits per heavy atom. The third-order valence-electron chi connectivity index (χ3n) is 5.74. The van der Waals surface area contributed by atoms with Crippen LogP contribution in [0, 0.1) is 6.92 Å². The Balaban J connectivity index is 1.52. The van der Waals surface area contributed by atoms with Crippen LogP contribution >= 0.6 is 0 Å². The first-order valence-electron chi connectivity index (χ1n) is 10.5. The Bertz CT molecular complexity index is 879. The van der Waals surface area contributed by atoms with E-state index in [0.717, 1.165) is 35.7 Å². The normalized spacial score (nSPS) is 18.4. The predicted octanol–water partition coefficient (Wildman–Crippen LogP) is 2.70. The van der Waals surface area contributed by atoms with E-state index < -0.39 is 0 Å². The zero-order valence-electron chi connectivity index (χ0n) is 17.3. The Labute approximate surface area is 171 Å². The maximum absolute atomic E-state index is 6.46. The molecule has 0 bridgehead atoms. The fourth-order valence-corrected chi connectivity index (χ4v) is 3.81. The topological polar surface area (TPSA) is 108 Å². The molecule has 4 rings (SSSR count). The van der Waals surface area contributed by atoms with Gasteiger partial charge in [-0.1, -0.05) is 6.42 Å². The highest BCUT2D eigenvalue weighted by atomic mass is 16.5. The number of nitrogens with two attached hydrogens (primary N) is 2. The van der Waals surface area contributed by atoms with Crippen LogP contribution in [0.15, 0.2) is 24.0 Å². The van der Waals surface area contributed by atoms with Crippen molar-refractivity contribution in [3.8, 4) is 5.75 Å². The van der Waals surface area contributed by atoms with Gasteiger partial charge in [-0.25, -0.2) is 10.8 Å². The van der Waals surface area contributed by atoms with E-state index in [-0.39, 0.29) is 0 Å². The molecule has 0 saturated heterocycles. The summed E-state index contributed by atoms with van der Waals surface area (Å²) >= 11 is 0. The molecule has 2 aromatic heterocycles. The van der Waals surface area contributed by atoms with Crippen LogP contribution in [0.2, 0.25) is 0 Å². The number of ether oxygens (including phenoxy) is 1. The average Bonchev–Trinajstić information content (AvgIpc) is 3.46. The van der Waals surface area contributed by atoms with Gasteiger partial charge in [0.15, 0.2) is 0 Å².